The number of aliphatic imine (C=N–C) groups is 1. The van der Waals surface area contributed by atoms with Gasteiger partial charge in [-0.3, -0.25) is 9.79 Å². The van der Waals surface area contributed by atoms with Crippen molar-refractivity contribution < 1.29 is 14.7 Å². The van der Waals surface area contributed by atoms with Gasteiger partial charge < -0.3 is 20.1 Å². The zero-order valence-corrected chi connectivity index (χ0v) is 21.1. The number of rotatable bonds is 11. The van der Waals surface area contributed by atoms with Crippen molar-refractivity contribution in [1.29, 1.82) is 0 Å². The van der Waals surface area contributed by atoms with Crippen LogP contribution >= 0.6 is 0 Å². The quantitative estimate of drug-likeness (QED) is 0.204. The number of nitrogens with one attached hydrogen (secondary N) is 1. The second kappa shape index (κ2) is 28.5. The predicted octanol–water partition coefficient (Wildman–Crippen LogP) is 4.87. The van der Waals surface area contributed by atoms with Crippen LogP contribution in [0.4, 0.5) is 0 Å². The van der Waals surface area contributed by atoms with Gasteiger partial charge in [0.2, 0.25) is 5.91 Å². The van der Waals surface area contributed by atoms with Crippen LogP contribution < -0.4 is 5.32 Å². The van der Waals surface area contributed by atoms with E-state index in [2.05, 4.69) is 68.9 Å². The van der Waals surface area contributed by atoms with E-state index in [1.165, 1.54) is 36.8 Å². The highest BCUT2D eigenvalue weighted by atomic mass is 16.3. The van der Waals surface area contributed by atoms with Crippen LogP contribution in [-0.2, 0) is 9.59 Å². The SMILES string of the molecule is C=CCCN(C=NC)CC(=O)NCCO.C=O.CC1=CCC=C(C)C=C1.CCCCCC. The van der Waals surface area contributed by atoms with Crippen molar-refractivity contribution in [3.63, 3.8) is 0 Å². The third-order valence-electron chi connectivity index (χ3n) is 4.13. The van der Waals surface area contributed by atoms with Gasteiger partial charge in [0.25, 0.3) is 0 Å². The monoisotopic (exact) mass is 449 g/mol. The van der Waals surface area contributed by atoms with Gasteiger partial charge in [-0.1, -0.05) is 81.1 Å². The second-order valence-corrected chi connectivity index (χ2v) is 7.17. The molecule has 0 fully saturated rings. The molecule has 0 radical (unpaired) electrons. The van der Waals surface area contributed by atoms with E-state index < -0.39 is 0 Å². The van der Waals surface area contributed by atoms with Crippen LogP contribution in [0.1, 0.15) is 66.2 Å². The van der Waals surface area contributed by atoms with Gasteiger partial charge >= 0.3 is 0 Å². The van der Waals surface area contributed by atoms with Gasteiger partial charge in [-0.15, -0.1) is 6.58 Å². The number of aliphatic hydroxyl groups excluding tert-OH is 1. The van der Waals surface area contributed by atoms with Gasteiger partial charge in [0.1, 0.15) is 6.79 Å². The fraction of sp³-hybridized carbons (Fsp3) is 0.577. The first-order valence-electron chi connectivity index (χ1n) is 11.4. The number of hydrogen-bond acceptors (Lipinski definition) is 4. The summed E-state index contributed by atoms with van der Waals surface area (Å²) >= 11 is 0. The van der Waals surface area contributed by atoms with Crippen LogP contribution in [0.25, 0.3) is 0 Å². The molecule has 2 N–H and O–H groups in total. The Kier molecular flexibility index (Phi) is 30.4. The molecule has 0 saturated heterocycles. The lowest BCUT2D eigenvalue weighted by molar-refractivity contribution is -0.121. The summed E-state index contributed by atoms with van der Waals surface area (Å²) in [6.07, 6.45) is 19.6. The fourth-order valence-electron chi connectivity index (χ4n) is 2.36. The Morgan fingerprint density at radius 3 is 2.09 bits per heavy atom. The third kappa shape index (κ3) is 27.5. The molecule has 32 heavy (non-hydrogen) atoms. The summed E-state index contributed by atoms with van der Waals surface area (Å²) in [5.41, 5.74) is 2.73. The van der Waals surface area contributed by atoms with Crippen molar-refractivity contribution in [3.05, 3.63) is 48.1 Å². The number of aliphatic hydroxyl groups is 1. The smallest absolute Gasteiger partial charge is 0.239 e. The summed E-state index contributed by atoms with van der Waals surface area (Å²) in [7, 11) is 1.66. The first-order chi connectivity index (χ1) is 15.4. The average Bonchev–Trinajstić information content (AvgIpc) is 3.00. The Morgan fingerprint density at radius 1 is 1.16 bits per heavy atom. The maximum Gasteiger partial charge on any atom is 0.239 e. The van der Waals surface area contributed by atoms with Crippen LogP contribution in [0.3, 0.4) is 0 Å². The van der Waals surface area contributed by atoms with Crippen molar-refractivity contribution in [3.8, 4) is 0 Å². The van der Waals surface area contributed by atoms with E-state index in [-0.39, 0.29) is 25.6 Å². The maximum absolute atomic E-state index is 11.3. The van der Waals surface area contributed by atoms with Gasteiger partial charge in [-0.25, -0.2) is 0 Å². The molecule has 6 nitrogen and oxygen atoms in total. The number of carbonyl (C=O) groups is 2. The molecule has 0 saturated carbocycles. The zero-order valence-electron chi connectivity index (χ0n) is 21.1. The first-order valence-corrected chi connectivity index (χ1v) is 11.4. The molecule has 0 aromatic heterocycles. The molecule has 184 valence electrons. The third-order valence-corrected chi connectivity index (χ3v) is 4.13. The van der Waals surface area contributed by atoms with Crippen LogP contribution in [0, 0.1) is 0 Å². The number of hydrogen-bond donors (Lipinski definition) is 2. The molecular weight excluding hydrogens is 402 g/mol. The maximum atomic E-state index is 11.3. The molecule has 1 amide bonds. The molecule has 0 spiro atoms. The minimum absolute atomic E-state index is 0.0414. The molecule has 0 heterocycles. The van der Waals surface area contributed by atoms with Crippen molar-refractivity contribution in [2.24, 2.45) is 4.99 Å². The fourth-order valence-corrected chi connectivity index (χ4v) is 2.36. The number of allylic oxidation sites excluding steroid dienone is 6. The Morgan fingerprint density at radius 2 is 1.69 bits per heavy atom. The number of nitrogens with zero attached hydrogens (tertiary/aromatic N) is 2. The molecule has 0 aromatic carbocycles. The number of unbranched alkanes of at least 4 members (excludes halogenated alkanes) is 3. The highest BCUT2D eigenvalue weighted by Crippen LogP contribution is 2.08. The standard InChI is InChI=1S/C10H19N3O2.C9H12.C6H14.CH2O/c1-3-4-6-13(9-11-2)8-10(15)12-5-7-14;1-8-4-3-5-9(2)7-6-8;1-3-5-6-4-2;1-2/h3,9,14H,1,4-8H2,2H3,(H,12,15);4-7H,3H2,1-2H3;3-6H2,1-2H3;1H2. The van der Waals surface area contributed by atoms with Gasteiger partial charge in [-0.2, -0.15) is 0 Å². The predicted molar refractivity (Wildman–Crippen MR) is 139 cm³/mol. The molecule has 0 aliphatic heterocycles. The molecule has 0 atom stereocenters. The largest absolute Gasteiger partial charge is 0.395 e. The highest BCUT2D eigenvalue weighted by Gasteiger charge is 2.05. The summed E-state index contributed by atoms with van der Waals surface area (Å²) in [5, 5.41) is 11.1. The van der Waals surface area contributed by atoms with E-state index in [0.717, 1.165) is 12.8 Å². The Bertz CT molecular complexity index is 543. The van der Waals surface area contributed by atoms with E-state index in [4.69, 9.17) is 9.90 Å². The summed E-state index contributed by atoms with van der Waals surface area (Å²) in [4.78, 5) is 25.0. The molecule has 0 aromatic rings. The normalized spacial score (nSPS) is 11.8. The van der Waals surface area contributed by atoms with Gasteiger partial charge in [0.05, 0.1) is 19.5 Å². The van der Waals surface area contributed by atoms with E-state index in [9.17, 15) is 4.79 Å². The van der Waals surface area contributed by atoms with Gasteiger partial charge in [0.15, 0.2) is 0 Å². The van der Waals surface area contributed by atoms with Crippen LogP contribution in [0.5, 0.6) is 0 Å². The van der Waals surface area contributed by atoms with E-state index in [1.54, 1.807) is 24.4 Å². The molecule has 1 rings (SSSR count). The first kappa shape index (κ1) is 34.2. The minimum Gasteiger partial charge on any atom is -0.395 e. The van der Waals surface area contributed by atoms with E-state index >= 15 is 0 Å². The molecule has 6 heteroatoms. The van der Waals surface area contributed by atoms with E-state index in [1.807, 2.05) is 6.79 Å². The molecule has 1 aliphatic rings. The van der Waals surface area contributed by atoms with Crippen molar-refractivity contribution in [1.82, 2.24) is 10.2 Å². The number of carbonyl (C=O) groups excluding carboxylic acids is 2. The second-order valence-electron chi connectivity index (χ2n) is 7.17. The lowest BCUT2D eigenvalue weighted by Crippen LogP contribution is -2.38. The summed E-state index contributed by atoms with van der Waals surface area (Å²) in [6, 6.07) is 0. The van der Waals surface area contributed by atoms with Crippen LogP contribution in [0.2, 0.25) is 0 Å². The zero-order chi connectivity index (χ0) is 25.0. The van der Waals surface area contributed by atoms with Gasteiger partial charge in [-0.05, 0) is 26.7 Å². The van der Waals surface area contributed by atoms with Crippen LogP contribution in [-0.4, -0.2) is 62.3 Å². The highest BCUT2D eigenvalue weighted by molar-refractivity contribution is 5.80. The molecule has 1 aliphatic carbocycles. The van der Waals surface area contributed by atoms with Crippen molar-refractivity contribution in [2.45, 2.75) is 66.2 Å². The summed E-state index contributed by atoms with van der Waals surface area (Å²) < 4.78 is 0. The minimum atomic E-state index is -0.118. The average molecular weight is 450 g/mol. The Hall–Kier alpha value is -2.47. The lowest BCUT2D eigenvalue weighted by Gasteiger charge is -2.17. The van der Waals surface area contributed by atoms with E-state index in [0.29, 0.717) is 6.54 Å². The lowest BCUT2D eigenvalue weighted by atomic mass is 10.2. The van der Waals surface area contributed by atoms with Crippen molar-refractivity contribution >= 4 is 19.0 Å². The molecule has 0 unspecified atom stereocenters. The number of amides is 1. The molecular formula is C26H47N3O3. The molecule has 0 bridgehead atoms. The Balaban J connectivity index is -0.000000418. The topological polar surface area (TPSA) is 82.0 Å². The summed E-state index contributed by atoms with van der Waals surface area (Å²) in [6.45, 7) is 15.6. The van der Waals surface area contributed by atoms with Gasteiger partial charge in [0, 0.05) is 20.1 Å². The Labute approximate surface area is 196 Å². The van der Waals surface area contributed by atoms with Crippen molar-refractivity contribution in [2.75, 3.05) is 33.3 Å². The summed E-state index contributed by atoms with van der Waals surface area (Å²) in [5.74, 6) is -0.118. The van der Waals surface area contributed by atoms with Crippen LogP contribution in [0.15, 0.2) is 53.1 Å².